The Morgan fingerprint density at radius 1 is 1.33 bits per heavy atom. The lowest BCUT2D eigenvalue weighted by molar-refractivity contribution is 0.577. The minimum Gasteiger partial charge on any atom is -0.388 e. The quantitative estimate of drug-likeness (QED) is 0.772. The molecule has 0 aromatic carbocycles. The van der Waals surface area contributed by atoms with Gasteiger partial charge in [0.1, 0.15) is 10.7 Å². The smallest absolute Gasteiger partial charge is 0.124 e. The minimum absolute atomic E-state index is 0.385. The van der Waals surface area contributed by atoms with Crippen LogP contribution in [0.2, 0.25) is 0 Å². The van der Waals surface area contributed by atoms with Gasteiger partial charge in [-0.05, 0) is 31.4 Å². The van der Waals surface area contributed by atoms with E-state index in [0.29, 0.717) is 4.99 Å². The van der Waals surface area contributed by atoms with Crippen molar-refractivity contribution in [1.82, 2.24) is 4.98 Å². The van der Waals surface area contributed by atoms with Gasteiger partial charge in [-0.1, -0.05) is 12.2 Å². The van der Waals surface area contributed by atoms with Crippen LogP contribution in [0.5, 0.6) is 0 Å². The summed E-state index contributed by atoms with van der Waals surface area (Å²) in [6.07, 6.45) is 5.54. The third-order valence-corrected chi connectivity index (χ3v) is 2.91. The van der Waals surface area contributed by atoms with Crippen molar-refractivity contribution >= 4 is 22.9 Å². The molecule has 0 radical (unpaired) electrons. The van der Waals surface area contributed by atoms with Crippen LogP contribution < -0.4 is 10.6 Å². The minimum atomic E-state index is 0.385. The Kier molecular flexibility index (Phi) is 3.16. The maximum absolute atomic E-state index is 5.66. The van der Waals surface area contributed by atoms with Crippen LogP contribution in [0.4, 0.5) is 5.69 Å². The predicted octanol–water partition coefficient (Wildman–Crippen LogP) is 1.71. The van der Waals surface area contributed by atoms with Gasteiger partial charge in [-0.2, -0.15) is 0 Å². The maximum Gasteiger partial charge on any atom is 0.124 e. The summed E-state index contributed by atoms with van der Waals surface area (Å²) in [6.45, 7) is 2.17. The number of hydrogen-bond acceptors (Lipinski definition) is 3. The van der Waals surface area contributed by atoms with Crippen molar-refractivity contribution < 1.29 is 0 Å². The average Bonchev–Trinajstić information content (AvgIpc) is 2.30. The zero-order valence-corrected chi connectivity index (χ0v) is 9.46. The van der Waals surface area contributed by atoms with Crippen molar-refractivity contribution in [2.24, 2.45) is 5.73 Å². The lowest BCUT2D eigenvalue weighted by atomic mass is 10.1. The normalized spacial score (nSPS) is 16.4. The molecule has 15 heavy (non-hydrogen) atoms. The second-order valence-corrected chi connectivity index (χ2v) is 4.22. The number of hydrogen-bond donors (Lipinski definition) is 1. The molecule has 3 nitrogen and oxygen atoms in total. The number of pyridine rings is 1. The molecule has 1 aliphatic heterocycles. The monoisotopic (exact) mass is 221 g/mol. The maximum atomic E-state index is 5.66. The molecule has 0 amide bonds. The molecule has 0 spiro atoms. The summed E-state index contributed by atoms with van der Waals surface area (Å²) in [4.78, 5) is 6.96. The van der Waals surface area contributed by atoms with Gasteiger partial charge in [0.2, 0.25) is 0 Å². The van der Waals surface area contributed by atoms with Crippen LogP contribution >= 0.6 is 12.2 Å². The highest BCUT2D eigenvalue weighted by Crippen LogP contribution is 2.22. The summed E-state index contributed by atoms with van der Waals surface area (Å²) >= 11 is 5.01. The van der Waals surface area contributed by atoms with Crippen LogP contribution in [0.15, 0.2) is 18.3 Å². The van der Waals surface area contributed by atoms with Gasteiger partial charge in [-0.15, -0.1) is 0 Å². The van der Waals surface area contributed by atoms with Crippen molar-refractivity contribution in [1.29, 1.82) is 0 Å². The molecule has 1 saturated heterocycles. The van der Waals surface area contributed by atoms with E-state index in [-0.39, 0.29) is 0 Å². The van der Waals surface area contributed by atoms with E-state index in [2.05, 4.69) is 9.88 Å². The number of piperidine rings is 1. The number of rotatable bonds is 2. The number of thiocarbonyl (C=S) groups is 1. The number of anilines is 1. The first kappa shape index (κ1) is 10.4. The second kappa shape index (κ2) is 4.57. The molecular formula is C11H15N3S. The van der Waals surface area contributed by atoms with Gasteiger partial charge in [-0.3, -0.25) is 4.98 Å². The van der Waals surface area contributed by atoms with Crippen LogP contribution in [0, 0.1) is 0 Å². The van der Waals surface area contributed by atoms with Crippen molar-refractivity contribution in [2.45, 2.75) is 19.3 Å². The highest BCUT2D eigenvalue weighted by Gasteiger charge is 2.15. The molecule has 2 N–H and O–H groups in total. The molecule has 80 valence electrons. The Bertz CT molecular complexity index is 359. The Hall–Kier alpha value is -1.16. The first-order valence-electron chi connectivity index (χ1n) is 5.29. The van der Waals surface area contributed by atoms with Crippen molar-refractivity contribution in [2.75, 3.05) is 18.0 Å². The van der Waals surface area contributed by atoms with Gasteiger partial charge in [-0.25, -0.2) is 0 Å². The topological polar surface area (TPSA) is 42.1 Å². The Labute approximate surface area is 95.3 Å². The van der Waals surface area contributed by atoms with Crippen molar-refractivity contribution in [3.05, 3.63) is 24.0 Å². The van der Waals surface area contributed by atoms with Gasteiger partial charge in [0.15, 0.2) is 0 Å². The molecule has 4 heteroatoms. The van der Waals surface area contributed by atoms with E-state index >= 15 is 0 Å². The van der Waals surface area contributed by atoms with E-state index < -0.39 is 0 Å². The van der Waals surface area contributed by atoms with Gasteiger partial charge < -0.3 is 10.6 Å². The van der Waals surface area contributed by atoms with Crippen LogP contribution in [0.25, 0.3) is 0 Å². The van der Waals surface area contributed by atoms with Gasteiger partial charge in [0.05, 0.1) is 5.69 Å². The molecule has 0 unspecified atom stereocenters. The fourth-order valence-electron chi connectivity index (χ4n) is 1.98. The largest absolute Gasteiger partial charge is 0.388 e. The molecule has 1 aromatic heterocycles. The molecule has 2 heterocycles. The zero-order valence-electron chi connectivity index (χ0n) is 8.65. The fourth-order valence-corrected chi connectivity index (χ4v) is 2.13. The summed E-state index contributed by atoms with van der Waals surface area (Å²) in [5, 5.41) is 0. The molecule has 1 fully saturated rings. The first-order valence-corrected chi connectivity index (χ1v) is 5.69. The molecule has 0 atom stereocenters. The molecule has 1 aliphatic rings. The number of nitrogens with zero attached hydrogens (tertiary/aromatic N) is 2. The molecular weight excluding hydrogens is 206 g/mol. The second-order valence-electron chi connectivity index (χ2n) is 3.78. The lowest BCUT2D eigenvalue weighted by Crippen LogP contribution is -2.31. The van der Waals surface area contributed by atoms with Crippen molar-refractivity contribution in [3.8, 4) is 0 Å². The van der Waals surface area contributed by atoms with Gasteiger partial charge in [0, 0.05) is 19.3 Å². The van der Waals surface area contributed by atoms with E-state index in [1.54, 1.807) is 6.20 Å². The van der Waals surface area contributed by atoms with Gasteiger partial charge in [0.25, 0.3) is 0 Å². The zero-order chi connectivity index (χ0) is 10.7. The van der Waals surface area contributed by atoms with E-state index in [1.165, 1.54) is 19.3 Å². The summed E-state index contributed by atoms with van der Waals surface area (Å²) < 4.78 is 0. The van der Waals surface area contributed by atoms with Crippen LogP contribution in [-0.4, -0.2) is 23.1 Å². The van der Waals surface area contributed by atoms with E-state index in [4.69, 9.17) is 18.0 Å². The standard InChI is InChI=1S/C11H15N3S/c12-11(15)10-9(5-4-6-13-10)14-7-2-1-3-8-14/h4-6H,1-3,7-8H2,(H2,12,15). The highest BCUT2D eigenvalue weighted by atomic mass is 32.1. The third kappa shape index (κ3) is 2.26. The van der Waals surface area contributed by atoms with Gasteiger partial charge >= 0.3 is 0 Å². The molecule has 0 aliphatic carbocycles. The highest BCUT2D eigenvalue weighted by molar-refractivity contribution is 7.80. The third-order valence-electron chi connectivity index (χ3n) is 2.72. The van der Waals surface area contributed by atoms with Crippen molar-refractivity contribution in [3.63, 3.8) is 0 Å². The summed E-state index contributed by atoms with van der Waals surface area (Å²) in [6, 6.07) is 3.98. The summed E-state index contributed by atoms with van der Waals surface area (Å²) in [5.41, 5.74) is 7.51. The Morgan fingerprint density at radius 2 is 2.07 bits per heavy atom. The number of aromatic nitrogens is 1. The average molecular weight is 221 g/mol. The predicted molar refractivity (Wildman–Crippen MR) is 66.2 cm³/mol. The Balaban J connectivity index is 2.29. The van der Waals surface area contributed by atoms with E-state index in [1.807, 2.05) is 12.1 Å². The number of nitrogens with two attached hydrogens (primary N) is 1. The van der Waals surface area contributed by atoms with Crippen LogP contribution in [-0.2, 0) is 0 Å². The van der Waals surface area contributed by atoms with Crippen LogP contribution in [0.1, 0.15) is 25.0 Å². The van der Waals surface area contributed by atoms with E-state index in [0.717, 1.165) is 24.5 Å². The van der Waals surface area contributed by atoms with E-state index in [9.17, 15) is 0 Å². The molecule has 0 saturated carbocycles. The fraction of sp³-hybridized carbons (Fsp3) is 0.455. The SMILES string of the molecule is NC(=S)c1ncccc1N1CCCCC1. The summed E-state index contributed by atoms with van der Waals surface area (Å²) in [7, 11) is 0. The molecule has 0 bridgehead atoms. The Morgan fingerprint density at radius 3 is 2.73 bits per heavy atom. The molecule has 2 rings (SSSR count). The summed E-state index contributed by atoms with van der Waals surface area (Å²) in [5.74, 6) is 0. The van der Waals surface area contributed by atoms with Crippen LogP contribution in [0.3, 0.4) is 0 Å². The first-order chi connectivity index (χ1) is 7.29. The lowest BCUT2D eigenvalue weighted by Gasteiger charge is -2.29. The molecule has 1 aromatic rings.